The monoisotopic (exact) mass is 197 g/mol. The first kappa shape index (κ1) is 11.5. The second-order valence-corrected chi connectivity index (χ2v) is 3.76. The van der Waals surface area contributed by atoms with Crippen molar-refractivity contribution in [2.75, 3.05) is 13.2 Å². The highest BCUT2D eigenvalue weighted by molar-refractivity contribution is 4.86. The topological polar surface area (TPSA) is 42.2 Å². The summed E-state index contributed by atoms with van der Waals surface area (Å²) in [5, 5.41) is 8.57. The minimum atomic E-state index is -0.345. The van der Waals surface area contributed by atoms with Gasteiger partial charge in [0.15, 0.2) is 6.10 Å². The van der Waals surface area contributed by atoms with E-state index in [9.17, 15) is 0 Å². The Balaban J connectivity index is 2.02. The molecule has 3 nitrogen and oxygen atoms in total. The molecule has 2 atom stereocenters. The van der Waals surface area contributed by atoms with Crippen molar-refractivity contribution >= 4 is 0 Å². The third-order valence-electron chi connectivity index (χ3n) is 2.49. The Kier molecular flexibility index (Phi) is 5.58. The smallest absolute Gasteiger partial charge is 0.167 e. The summed E-state index contributed by atoms with van der Waals surface area (Å²) in [7, 11) is 0. The Morgan fingerprint density at radius 2 is 2.07 bits per heavy atom. The van der Waals surface area contributed by atoms with Gasteiger partial charge in [0.1, 0.15) is 0 Å². The van der Waals surface area contributed by atoms with Gasteiger partial charge < -0.3 is 9.47 Å². The van der Waals surface area contributed by atoms with Crippen molar-refractivity contribution in [1.29, 1.82) is 5.26 Å². The van der Waals surface area contributed by atoms with Gasteiger partial charge >= 0.3 is 0 Å². The minimum Gasteiger partial charge on any atom is -0.372 e. The number of nitrogens with zero attached hydrogens (tertiary/aromatic N) is 1. The first-order chi connectivity index (χ1) is 6.86. The van der Waals surface area contributed by atoms with Crippen LogP contribution in [0.5, 0.6) is 0 Å². The number of hydrogen-bond acceptors (Lipinski definition) is 3. The number of ether oxygens (including phenoxy) is 2. The van der Waals surface area contributed by atoms with Crippen molar-refractivity contribution < 1.29 is 9.47 Å². The van der Waals surface area contributed by atoms with E-state index in [0.29, 0.717) is 13.2 Å². The van der Waals surface area contributed by atoms with Gasteiger partial charge in [-0.1, -0.05) is 32.6 Å². The van der Waals surface area contributed by atoms with Crippen molar-refractivity contribution in [3.8, 4) is 6.07 Å². The lowest BCUT2D eigenvalue weighted by Gasteiger charge is -2.25. The van der Waals surface area contributed by atoms with Crippen LogP contribution in [0.3, 0.4) is 0 Å². The SMILES string of the molecule is CCCCCC[C@H]1CO[C@H](C#N)CO1. The maximum absolute atomic E-state index is 8.57. The fraction of sp³-hybridized carbons (Fsp3) is 0.909. The van der Waals surface area contributed by atoms with Gasteiger partial charge in [-0.05, 0) is 6.42 Å². The molecule has 1 aliphatic heterocycles. The van der Waals surface area contributed by atoms with E-state index in [1.165, 1.54) is 25.7 Å². The molecule has 0 saturated carbocycles. The van der Waals surface area contributed by atoms with Crippen LogP contribution in [0.2, 0.25) is 0 Å². The van der Waals surface area contributed by atoms with Gasteiger partial charge in [-0.25, -0.2) is 0 Å². The summed E-state index contributed by atoms with van der Waals surface area (Å²) in [6.45, 7) is 3.23. The predicted molar refractivity (Wildman–Crippen MR) is 53.9 cm³/mol. The van der Waals surface area contributed by atoms with Gasteiger partial charge in [0.05, 0.1) is 25.4 Å². The zero-order valence-corrected chi connectivity index (χ0v) is 8.87. The Labute approximate surface area is 86.0 Å². The van der Waals surface area contributed by atoms with E-state index in [1.54, 1.807) is 0 Å². The van der Waals surface area contributed by atoms with E-state index < -0.39 is 0 Å². The van der Waals surface area contributed by atoms with E-state index in [-0.39, 0.29) is 12.2 Å². The number of unbranched alkanes of at least 4 members (excludes halogenated alkanes) is 3. The standard InChI is InChI=1S/C11H19NO2/c1-2-3-4-5-6-10-8-14-11(7-12)9-13-10/h10-11H,2-6,8-9H2,1H3/t10-,11+/m0/s1. The Morgan fingerprint density at radius 1 is 1.21 bits per heavy atom. The summed E-state index contributed by atoms with van der Waals surface area (Å²) in [6.07, 6.45) is 5.99. The molecule has 0 aliphatic carbocycles. The molecule has 1 fully saturated rings. The maximum atomic E-state index is 8.57. The van der Waals surface area contributed by atoms with Gasteiger partial charge in [-0.2, -0.15) is 5.26 Å². The molecule has 0 bridgehead atoms. The number of hydrogen-bond donors (Lipinski definition) is 0. The molecule has 3 heteroatoms. The van der Waals surface area contributed by atoms with Crippen molar-refractivity contribution in [2.45, 2.75) is 51.2 Å². The summed E-state index contributed by atoms with van der Waals surface area (Å²) in [6, 6.07) is 2.05. The second-order valence-electron chi connectivity index (χ2n) is 3.76. The van der Waals surface area contributed by atoms with Gasteiger partial charge in [-0.3, -0.25) is 0 Å². The zero-order valence-electron chi connectivity index (χ0n) is 8.87. The zero-order chi connectivity index (χ0) is 10.2. The molecule has 0 aromatic rings. The third-order valence-corrected chi connectivity index (χ3v) is 2.49. The first-order valence-corrected chi connectivity index (χ1v) is 5.49. The lowest BCUT2D eigenvalue weighted by atomic mass is 10.1. The molecule has 1 aliphatic rings. The van der Waals surface area contributed by atoms with Crippen molar-refractivity contribution in [3.05, 3.63) is 0 Å². The second kappa shape index (κ2) is 6.80. The molecule has 1 heterocycles. The van der Waals surface area contributed by atoms with Crippen LogP contribution in [0.4, 0.5) is 0 Å². The summed E-state index contributed by atoms with van der Waals surface area (Å²) in [4.78, 5) is 0. The van der Waals surface area contributed by atoms with Crippen LogP contribution in [-0.2, 0) is 9.47 Å². The molecule has 0 spiro atoms. The molecule has 14 heavy (non-hydrogen) atoms. The molecule has 0 aromatic carbocycles. The fourth-order valence-corrected chi connectivity index (χ4v) is 1.58. The van der Waals surface area contributed by atoms with E-state index in [0.717, 1.165) is 6.42 Å². The lowest BCUT2D eigenvalue weighted by Crippen LogP contribution is -2.34. The Morgan fingerprint density at radius 3 is 2.64 bits per heavy atom. The maximum Gasteiger partial charge on any atom is 0.167 e. The Hall–Kier alpha value is -0.590. The van der Waals surface area contributed by atoms with Crippen LogP contribution in [0, 0.1) is 11.3 Å². The van der Waals surface area contributed by atoms with E-state index in [1.807, 2.05) is 0 Å². The van der Waals surface area contributed by atoms with Crippen LogP contribution in [0.25, 0.3) is 0 Å². The van der Waals surface area contributed by atoms with Crippen LogP contribution in [-0.4, -0.2) is 25.4 Å². The molecule has 0 amide bonds. The summed E-state index contributed by atoms with van der Waals surface area (Å²) >= 11 is 0. The van der Waals surface area contributed by atoms with E-state index in [2.05, 4.69) is 13.0 Å². The Bertz CT molecular complexity index is 180. The van der Waals surface area contributed by atoms with Crippen molar-refractivity contribution in [2.24, 2.45) is 0 Å². The predicted octanol–water partition coefficient (Wildman–Crippen LogP) is 2.26. The van der Waals surface area contributed by atoms with Crippen LogP contribution in [0.15, 0.2) is 0 Å². The van der Waals surface area contributed by atoms with E-state index >= 15 is 0 Å². The molecule has 80 valence electrons. The average molecular weight is 197 g/mol. The highest BCUT2D eigenvalue weighted by Gasteiger charge is 2.20. The fourth-order valence-electron chi connectivity index (χ4n) is 1.58. The molecule has 0 aromatic heterocycles. The summed E-state index contributed by atoms with van der Waals surface area (Å²) in [5.41, 5.74) is 0. The van der Waals surface area contributed by atoms with Crippen LogP contribution >= 0.6 is 0 Å². The number of nitriles is 1. The average Bonchev–Trinajstić information content (AvgIpc) is 2.25. The lowest BCUT2D eigenvalue weighted by molar-refractivity contribution is -0.116. The molecule has 1 saturated heterocycles. The van der Waals surface area contributed by atoms with Gasteiger partial charge in [0.25, 0.3) is 0 Å². The number of rotatable bonds is 5. The summed E-state index contributed by atoms with van der Waals surface area (Å²) < 4.78 is 10.8. The van der Waals surface area contributed by atoms with Gasteiger partial charge in [0.2, 0.25) is 0 Å². The highest BCUT2D eigenvalue weighted by atomic mass is 16.6. The van der Waals surface area contributed by atoms with Crippen molar-refractivity contribution in [1.82, 2.24) is 0 Å². The molecular formula is C11H19NO2. The first-order valence-electron chi connectivity index (χ1n) is 5.49. The molecule has 1 rings (SSSR count). The van der Waals surface area contributed by atoms with Crippen LogP contribution in [0.1, 0.15) is 39.0 Å². The molecule has 0 unspecified atom stereocenters. The van der Waals surface area contributed by atoms with E-state index in [4.69, 9.17) is 14.7 Å². The minimum absolute atomic E-state index is 0.219. The normalized spacial score (nSPS) is 27.1. The van der Waals surface area contributed by atoms with Gasteiger partial charge in [0, 0.05) is 0 Å². The highest BCUT2D eigenvalue weighted by Crippen LogP contribution is 2.13. The molecule has 0 N–H and O–H groups in total. The van der Waals surface area contributed by atoms with Crippen molar-refractivity contribution in [3.63, 3.8) is 0 Å². The third kappa shape index (κ3) is 4.08. The summed E-state index contributed by atoms with van der Waals surface area (Å²) in [5.74, 6) is 0. The van der Waals surface area contributed by atoms with Crippen LogP contribution < -0.4 is 0 Å². The molecule has 0 radical (unpaired) electrons. The van der Waals surface area contributed by atoms with Gasteiger partial charge in [-0.15, -0.1) is 0 Å². The molecular weight excluding hydrogens is 178 g/mol. The largest absolute Gasteiger partial charge is 0.372 e. The quantitative estimate of drug-likeness (QED) is 0.635.